The summed E-state index contributed by atoms with van der Waals surface area (Å²) in [6, 6.07) is 21.5. The Kier molecular flexibility index (Phi) is 8.71. The third-order valence-electron chi connectivity index (χ3n) is 7.72. The topological polar surface area (TPSA) is 111 Å². The minimum atomic E-state index is -1.32. The zero-order valence-electron chi connectivity index (χ0n) is 24.1. The molecule has 0 saturated heterocycles. The average Bonchev–Trinajstić information content (AvgIpc) is 3.45. The lowest BCUT2D eigenvalue weighted by Gasteiger charge is -2.45. The predicted octanol–water partition coefficient (Wildman–Crippen LogP) is 6.15. The number of benzene rings is 3. The van der Waals surface area contributed by atoms with Crippen LogP contribution in [0.1, 0.15) is 52.1 Å². The predicted molar refractivity (Wildman–Crippen MR) is 161 cm³/mol. The molecule has 0 aliphatic heterocycles. The highest BCUT2D eigenvalue weighted by atomic mass is 16.6. The molecule has 1 N–H and O–H groups in total. The van der Waals surface area contributed by atoms with Crippen molar-refractivity contribution in [2.75, 3.05) is 7.11 Å². The van der Waals surface area contributed by atoms with Gasteiger partial charge in [-0.25, -0.2) is 14.6 Å². The van der Waals surface area contributed by atoms with Crippen LogP contribution >= 0.6 is 0 Å². The lowest BCUT2D eigenvalue weighted by molar-refractivity contribution is -0.156. The van der Waals surface area contributed by atoms with Crippen molar-refractivity contribution in [1.82, 2.24) is 14.5 Å². The van der Waals surface area contributed by atoms with Crippen LogP contribution in [-0.4, -0.2) is 50.1 Å². The molecule has 43 heavy (non-hydrogen) atoms. The first-order valence-corrected chi connectivity index (χ1v) is 14.0. The normalized spacial score (nSPS) is 13.7. The highest BCUT2D eigenvalue weighted by Crippen LogP contribution is 2.39. The molecule has 5 rings (SSSR count). The molecule has 1 fully saturated rings. The highest BCUT2D eigenvalue weighted by molar-refractivity contribution is 6.06. The summed E-state index contributed by atoms with van der Waals surface area (Å²) in [5.41, 5.74) is 1.96. The van der Waals surface area contributed by atoms with Gasteiger partial charge in [0.1, 0.15) is 17.0 Å². The van der Waals surface area contributed by atoms with Crippen LogP contribution in [-0.2, 0) is 17.9 Å². The molecule has 0 atom stereocenters. The van der Waals surface area contributed by atoms with Gasteiger partial charge >= 0.3 is 12.1 Å². The number of nitrogens with zero attached hydrogens (tertiary/aromatic N) is 3. The molecule has 1 aliphatic carbocycles. The summed E-state index contributed by atoms with van der Waals surface area (Å²) in [4.78, 5) is 44.3. The third kappa shape index (κ3) is 6.51. The number of aryl methyl sites for hydroxylation is 1. The monoisotopic (exact) mass is 579 g/mol. The molecule has 9 nitrogen and oxygen atoms in total. The number of allylic oxidation sites excluding steroid dienone is 1. The second kappa shape index (κ2) is 12.8. The number of imidazole rings is 1. The average molecular weight is 580 g/mol. The van der Waals surface area contributed by atoms with E-state index < -0.39 is 17.6 Å². The first-order chi connectivity index (χ1) is 20.8. The van der Waals surface area contributed by atoms with Gasteiger partial charge in [-0.3, -0.25) is 9.69 Å². The smallest absolute Gasteiger partial charge is 0.416 e. The number of ketones is 1. The SMILES string of the molecule is COc1ccc(OC(=O)N(Cc2cccc(/C=C/Cn3ccnc3C(=O)c3ccc(C)cc3)c2)C2(C(=O)O)CCC2)cc1. The van der Waals surface area contributed by atoms with Gasteiger partial charge in [0, 0.05) is 24.5 Å². The van der Waals surface area contributed by atoms with Crippen LogP contribution in [0.2, 0.25) is 0 Å². The van der Waals surface area contributed by atoms with Crippen molar-refractivity contribution >= 4 is 23.9 Å². The number of rotatable bonds is 11. The molecule has 1 heterocycles. The maximum absolute atomic E-state index is 13.4. The number of carbonyl (C=O) groups excluding carboxylic acids is 2. The lowest BCUT2D eigenvalue weighted by atomic mass is 9.75. The van der Waals surface area contributed by atoms with Gasteiger partial charge in [0.25, 0.3) is 0 Å². The summed E-state index contributed by atoms with van der Waals surface area (Å²) in [7, 11) is 1.54. The molecule has 220 valence electrons. The number of ether oxygens (including phenoxy) is 2. The number of aliphatic carboxylic acids is 1. The van der Waals surface area contributed by atoms with Crippen LogP contribution in [0.25, 0.3) is 6.08 Å². The number of aromatic nitrogens is 2. The van der Waals surface area contributed by atoms with Crippen molar-refractivity contribution in [3.63, 3.8) is 0 Å². The van der Waals surface area contributed by atoms with Gasteiger partial charge in [-0.1, -0.05) is 60.2 Å². The molecular weight excluding hydrogens is 546 g/mol. The van der Waals surface area contributed by atoms with Crippen molar-refractivity contribution in [2.45, 2.75) is 44.8 Å². The van der Waals surface area contributed by atoms with Gasteiger partial charge in [-0.2, -0.15) is 0 Å². The Morgan fingerprint density at radius 2 is 1.74 bits per heavy atom. The number of hydrogen-bond donors (Lipinski definition) is 1. The van der Waals surface area contributed by atoms with Crippen LogP contribution in [0.3, 0.4) is 0 Å². The molecule has 1 aromatic heterocycles. The number of carboxylic acids is 1. The Bertz CT molecular complexity index is 1640. The van der Waals surface area contributed by atoms with E-state index in [0.717, 1.165) is 16.7 Å². The molecule has 0 unspecified atom stereocenters. The van der Waals surface area contributed by atoms with Gasteiger partial charge in [0.2, 0.25) is 5.78 Å². The van der Waals surface area contributed by atoms with Gasteiger partial charge in [0.15, 0.2) is 5.82 Å². The van der Waals surface area contributed by atoms with Crippen molar-refractivity contribution in [1.29, 1.82) is 0 Å². The van der Waals surface area contributed by atoms with Gasteiger partial charge < -0.3 is 19.1 Å². The number of carbonyl (C=O) groups is 3. The Hall–Kier alpha value is -5.18. The summed E-state index contributed by atoms with van der Waals surface area (Å²) in [5, 5.41) is 10.1. The molecule has 1 saturated carbocycles. The van der Waals surface area contributed by atoms with E-state index in [9.17, 15) is 19.5 Å². The molecule has 9 heteroatoms. The van der Waals surface area contributed by atoms with E-state index in [2.05, 4.69) is 4.98 Å². The maximum atomic E-state index is 13.4. The van der Waals surface area contributed by atoms with E-state index in [1.54, 1.807) is 60.5 Å². The van der Waals surface area contributed by atoms with Crippen molar-refractivity contribution < 1.29 is 29.0 Å². The molecule has 1 amide bonds. The van der Waals surface area contributed by atoms with Crippen LogP contribution in [0.5, 0.6) is 11.5 Å². The van der Waals surface area contributed by atoms with Crippen LogP contribution in [0.4, 0.5) is 4.79 Å². The lowest BCUT2D eigenvalue weighted by Crippen LogP contribution is -2.61. The molecule has 0 spiro atoms. The number of amides is 1. The minimum Gasteiger partial charge on any atom is -0.497 e. The number of carboxylic acid groups (broad SMARTS) is 1. The summed E-state index contributed by atoms with van der Waals surface area (Å²) in [5.74, 6) is 0.0765. The molecule has 0 radical (unpaired) electrons. The van der Waals surface area contributed by atoms with Crippen molar-refractivity contribution in [2.24, 2.45) is 0 Å². The molecule has 0 bridgehead atoms. The fourth-order valence-corrected chi connectivity index (χ4v) is 5.08. The Morgan fingerprint density at radius 1 is 1.02 bits per heavy atom. The summed E-state index contributed by atoms with van der Waals surface area (Å²) in [6.07, 6.45) is 7.91. The van der Waals surface area contributed by atoms with Crippen molar-refractivity contribution in [3.05, 3.63) is 119 Å². The standard InChI is InChI=1S/C34H33N3O6/c1-24-9-11-27(12-10-24)30(38)31-35-19-21-36(31)20-4-8-25-6-3-7-26(22-25)23-37(34(32(39)40)17-5-18-34)33(41)43-29-15-13-28(42-2)14-16-29/h3-4,6-16,19,21-22H,5,17-18,20,23H2,1-2H3,(H,39,40)/b8-4+. The van der Waals surface area contributed by atoms with Crippen LogP contribution < -0.4 is 9.47 Å². The fraction of sp³-hybridized carbons (Fsp3) is 0.235. The van der Waals surface area contributed by atoms with Crippen LogP contribution in [0.15, 0.2) is 91.3 Å². The summed E-state index contributed by atoms with van der Waals surface area (Å²) >= 11 is 0. The first kappa shape index (κ1) is 29.3. The summed E-state index contributed by atoms with van der Waals surface area (Å²) in [6.45, 7) is 2.47. The number of hydrogen-bond acceptors (Lipinski definition) is 6. The summed E-state index contributed by atoms with van der Waals surface area (Å²) < 4.78 is 12.5. The molecule has 1 aliphatic rings. The van der Waals surface area contributed by atoms with E-state index in [0.29, 0.717) is 48.7 Å². The molecule has 4 aromatic rings. The zero-order valence-corrected chi connectivity index (χ0v) is 24.1. The minimum absolute atomic E-state index is 0.0691. The highest BCUT2D eigenvalue weighted by Gasteiger charge is 2.52. The van der Waals surface area contributed by atoms with Crippen molar-refractivity contribution in [3.8, 4) is 11.5 Å². The first-order valence-electron chi connectivity index (χ1n) is 14.0. The fourth-order valence-electron chi connectivity index (χ4n) is 5.08. The Balaban J connectivity index is 1.30. The van der Waals surface area contributed by atoms with E-state index in [-0.39, 0.29) is 12.3 Å². The number of methoxy groups -OCH3 is 1. The molecular formula is C34H33N3O6. The van der Waals surface area contributed by atoms with E-state index in [1.807, 2.05) is 55.5 Å². The Morgan fingerprint density at radius 3 is 2.40 bits per heavy atom. The van der Waals surface area contributed by atoms with Gasteiger partial charge in [-0.05, 0) is 67.6 Å². The Labute approximate surface area is 250 Å². The largest absolute Gasteiger partial charge is 0.497 e. The third-order valence-corrected chi connectivity index (χ3v) is 7.72. The zero-order chi connectivity index (χ0) is 30.4. The van der Waals surface area contributed by atoms with E-state index >= 15 is 0 Å². The van der Waals surface area contributed by atoms with Crippen LogP contribution in [0, 0.1) is 6.92 Å². The second-order valence-electron chi connectivity index (χ2n) is 10.6. The van der Waals surface area contributed by atoms with Gasteiger partial charge in [0.05, 0.1) is 13.7 Å². The maximum Gasteiger partial charge on any atom is 0.416 e. The van der Waals surface area contributed by atoms with E-state index in [4.69, 9.17) is 9.47 Å². The quantitative estimate of drug-likeness (QED) is 0.212. The van der Waals surface area contributed by atoms with E-state index in [1.165, 1.54) is 4.90 Å². The second-order valence-corrected chi connectivity index (χ2v) is 10.6. The van der Waals surface area contributed by atoms with Gasteiger partial charge in [-0.15, -0.1) is 0 Å². The molecule has 3 aromatic carbocycles.